The number of nitrogens with two attached hydrogens (primary N) is 1. The molecule has 6 nitrogen and oxygen atoms in total. The molecule has 1 aromatic heterocycles. The van der Waals surface area contributed by atoms with Crippen molar-refractivity contribution in [3.63, 3.8) is 0 Å². The number of ether oxygens (including phenoxy) is 1. The fourth-order valence-electron chi connectivity index (χ4n) is 2.21. The third-order valence-electron chi connectivity index (χ3n) is 3.02. The highest BCUT2D eigenvalue weighted by Crippen LogP contribution is 2.24. The summed E-state index contributed by atoms with van der Waals surface area (Å²) < 4.78 is 5.11. The molecule has 1 fully saturated rings. The van der Waals surface area contributed by atoms with Crippen molar-refractivity contribution >= 4 is 17.7 Å². The Hall–Kier alpha value is -1.85. The third-order valence-corrected chi connectivity index (χ3v) is 3.02. The Morgan fingerprint density at radius 3 is 3.17 bits per heavy atom. The topological polar surface area (TPSA) is 81.3 Å². The molecule has 2 rings (SSSR count). The summed E-state index contributed by atoms with van der Waals surface area (Å²) in [5.41, 5.74) is 5.58. The Labute approximate surface area is 106 Å². The predicted molar refractivity (Wildman–Crippen MR) is 68.1 cm³/mol. The van der Waals surface area contributed by atoms with Crippen molar-refractivity contribution in [3.05, 3.63) is 12.3 Å². The standard InChI is InChI=1S/C12H18N4O2/c1-2-18-11(17)9-5-3-4-8-16(9)10-6-7-14-12(13)15-10/h6-7,9H,2-5,8H2,1H3,(H2,13,14,15). The number of hydrogen-bond acceptors (Lipinski definition) is 6. The molecule has 1 aliphatic heterocycles. The van der Waals surface area contributed by atoms with E-state index in [0.717, 1.165) is 25.8 Å². The molecule has 0 spiro atoms. The molecule has 0 saturated carbocycles. The van der Waals surface area contributed by atoms with Gasteiger partial charge in [-0.25, -0.2) is 9.78 Å². The molecule has 2 heterocycles. The number of anilines is 2. The van der Waals surface area contributed by atoms with E-state index in [1.54, 1.807) is 12.3 Å². The van der Waals surface area contributed by atoms with Gasteiger partial charge < -0.3 is 15.4 Å². The van der Waals surface area contributed by atoms with Gasteiger partial charge in [-0.1, -0.05) is 0 Å². The van der Waals surface area contributed by atoms with Crippen LogP contribution in [-0.4, -0.2) is 35.1 Å². The fourth-order valence-corrected chi connectivity index (χ4v) is 2.21. The van der Waals surface area contributed by atoms with Crippen LogP contribution in [0.15, 0.2) is 12.3 Å². The van der Waals surface area contributed by atoms with Crippen molar-refractivity contribution in [2.24, 2.45) is 0 Å². The molecule has 1 saturated heterocycles. The van der Waals surface area contributed by atoms with Gasteiger partial charge in [0.05, 0.1) is 6.61 Å². The van der Waals surface area contributed by atoms with Crippen LogP contribution in [0.5, 0.6) is 0 Å². The van der Waals surface area contributed by atoms with Crippen molar-refractivity contribution < 1.29 is 9.53 Å². The first-order valence-electron chi connectivity index (χ1n) is 6.24. The second kappa shape index (κ2) is 5.66. The molecule has 1 aromatic rings. The molecule has 1 unspecified atom stereocenters. The van der Waals surface area contributed by atoms with Crippen molar-refractivity contribution in [1.29, 1.82) is 0 Å². The van der Waals surface area contributed by atoms with Crippen LogP contribution in [0, 0.1) is 0 Å². The summed E-state index contributed by atoms with van der Waals surface area (Å²) in [7, 11) is 0. The molecule has 2 N–H and O–H groups in total. The minimum atomic E-state index is -0.256. The molecular weight excluding hydrogens is 232 g/mol. The zero-order valence-electron chi connectivity index (χ0n) is 10.5. The molecule has 1 atom stereocenters. The van der Waals surface area contributed by atoms with Crippen LogP contribution in [0.2, 0.25) is 0 Å². The minimum absolute atomic E-state index is 0.186. The highest BCUT2D eigenvalue weighted by atomic mass is 16.5. The van der Waals surface area contributed by atoms with Crippen LogP contribution < -0.4 is 10.6 Å². The summed E-state index contributed by atoms with van der Waals surface area (Å²) in [6, 6.07) is 1.52. The number of piperidine rings is 1. The molecule has 6 heteroatoms. The van der Waals surface area contributed by atoms with Gasteiger partial charge in [0.1, 0.15) is 11.9 Å². The monoisotopic (exact) mass is 250 g/mol. The minimum Gasteiger partial charge on any atom is -0.464 e. The Morgan fingerprint density at radius 2 is 2.44 bits per heavy atom. The first-order chi connectivity index (χ1) is 8.72. The van der Waals surface area contributed by atoms with Crippen LogP contribution in [-0.2, 0) is 9.53 Å². The molecule has 0 amide bonds. The number of esters is 1. The zero-order chi connectivity index (χ0) is 13.0. The summed E-state index contributed by atoms with van der Waals surface area (Å²) in [4.78, 5) is 21.9. The summed E-state index contributed by atoms with van der Waals surface area (Å²) in [6.45, 7) is 3.00. The second-order valence-electron chi connectivity index (χ2n) is 4.23. The van der Waals surface area contributed by atoms with Crippen molar-refractivity contribution in [2.75, 3.05) is 23.8 Å². The van der Waals surface area contributed by atoms with Gasteiger partial charge in [0.2, 0.25) is 5.95 Å². The lowest BCUT2D eigenvalue weighted by molar-refractivity contribution is -0.145. The van der Waals surface area contributed by atoms with E-state index in [1.165, 1.54) is 0 Å². The van der Waals surface area contributed by atoms with E-state index in [0.29, 0.717) is 12.4 Å². The molecule has 0 aliphatic carbocycles. The fraction of sp³-hybridized carbons (Fsp3) is 0.583. The van der Waals surface area contributed by atoms with Gasteiger partial charge in [0.25, 0.3) is 0 Å². The van der Waals surface area contributed by atoms with E-state index in [1.807, 2.05) is 11.8 Å². The van der Waals surface area contributed by atoms with Crippen LogP contribution in [0.4, 0.5) is 11.8 Å². The predicted octanol–water partition coefficient (Wildman–Crippen LogP) is 0.981. The molecule has 18 heavy (non-hydrogen) atoms. The summed E-state index contributed by atoms with van der Waals surface area (Å²) >= 11 is 0. The number of rotatable bonds is 3. The number of carbonyl (C=O) groups excluding carboxylic acids is 1. The van der Waals surface area contributed by atoms with Gasteiger partial charge in [-0.05, 0) is 32.3 Å². The second-order valence-corrected chi connectivity index (χ2v) is 4.23. The van der Waals surface area contributed by atoms with Gasteiger partial charge in [0, 0.05) is 12.7 Å². The van der Waals surface area contributed by atoms with E-state index < -0.39 is 0 Å². The van der Waals surface area contributed by atoms with E-state index in [-0.39, 0.29) is 18.0 Å². The Kier molecular flexibility index (Phi) is 3.96. The van der Waals surface area contributed by atoms with Crippen LogP contribution >= 0.6 is 0 Å². The summed E-state index contributed by atoms with van der Waals surface area (Å²) in [5.74, 6) is 0.732. The number of nitrogens with zero attached hydrogens (tertiary/aromatic N) is 3. The van der Waals surface area contributed by atoms with Gasteiger partial charge in [0.15, 0.2) is 0 Å². The highest BCUT2D eigenvalue weighted by molar-refractivity contribution is 5.80. The maximum atomic E-state index is 11.9. The largest absolute Gasteiger partial charge is 0.464 e. The lowest BCUT2D eigenvalue weighted by Gasteiger charge is -2.34. The molecule has 1 aliphatic rings. The van der Waals surface area contributed by atoms with Gasteiger partial charge in [-0.15, -0.1) is 0 Å². The third kappa shape index (κ3) is 2.69. The molecule has 0 aromatic carbocycles. The molecular formula is C12H18N4O2. The average molecular weight is 250 g/mol. The van der Waals surface area contributed by atoms with Crippen LogP contribution in [0.1, 0.15) is 26.2 Å². The first kappa shape index (κ1) is 12.6. The lowest BCUT2D eigenvalue weighted by Crippen LogP contribution is -2.46. The number of nitrogen functional groups attached to an aromatic ring is 1. The van der Waals surface area contributed by atoms with E-state index in [2.05, 4.69) is 9.97 Å². The lowest BCUT2D eigenvalue weighted by atomic mass is 10.0. The molecule has 98 valence electrons. The van der Waals surface area contributed by atoms with Crippen LogP contribution in [0.25, 0.3) is 0 Å². The number of aromatic nitrogens is 2. The number of carbonyl (C=O) groups is 1. The normalized spacial score (nSPS) is 19.6. The van der Waals surface area contributed by atoms with E-state index >= 15 is 0 Å². The zero-order valence-corrected chi connectivity index (χ0v) is 10.5. The smallest absolute Gasteiger partial charge is 0.328 e. The van der Waals surface area contributed by atoms with Gasteiger partial charge >= 0.3 is 5.97 Å². The van der Waals surface area contributed by atoms with Gasteiger partial charge in [-0.2, -0.15) is 4.98 Å². The average Bonchev–Trinajstić information content (AvgIpc) is 2.39. The van der Waals surface area contributed by atoms with Crippen molar-refractivity contribution in [3.8, 4) is 0 Å². The maximum absolute atomic E-state index is 11.9. The summed E-state index contributed by atoms with van der Waals surface area (Å²) in [6.07, 6.45) is 4.47. The quantitative estimate of drug-likeness (QED) is 0.805. The highest BCUT2D eigenvalue weighted by Gasteiger charge is 2.30. The van der Waals surface area contributed by atoms with Crippen molar-refractivity contribution in [1.82, 2.24) is 9.97 Å². The van der Waals surface area contributed by atoms with E-state index in [4.69, 9.17) is 10.5 Å². The maximum Gasteiger partial charge on any atom is 0.328 e. The first-order valence-corrected chi connectivity index (χ1v) is 6.24. The Bertz CT molecular complexity index is 424. The summed E-state index contributed by atoms with van der Waals surface area (Å²) in [5, 5.41) is 0. The van der Waals surface area contributed by atoms with Gasteiger partial charge in [-0.3, -0.25) is 0 Å². The Morgan fingerprint density at radius 1 is 1.61 bits per heavy atom. The number of hydrogen-bond donors (Lipinski definition) is 1. The molecule has 0 radical (unpaired) electrons. The Balaban J connectivity index is 2.20. The van der Waals surface area contributed by atoms with Crippen LogP contribution in [0.3, 0.4) is 0 Å². The van der Waals surface area contributed by atoms with Crippen molar-refractivity contribution in [2.45, 2.75) is 32.2 Å². The SMILES string of the molecule is CCOC(=O)C1CCCCN1c1ccnc(N)n1. The molecule has 0 bridgehead atoms. The van der Waals surface area contributed by atoms with E-state index in [9.17, 15) is 4.79 Å².